The Hall–Kier alpha value is -1.00. The summed E-state index contributed by atoms with van der Waals surface area (Å²) in [5, 5.41) is 3.53. The predicted molar refractivity (Wildman–Crippen MR) is 70.9 cm³/mol. The zero-order valence-electron chi connectivity index (χ0n) is 11.2. The van der Waals surface area contributed by atoms with Crippen LogP contribution in [-0.4, -0.2) is 30.6 Å². The van der Waals surface area contributed by atoms with Crippen molar-refractivity contribution in [2.24, 2.45) is 5.92 Å². The number of hydrogen-bond acceptors (Lipinski definition) is 2. The summed E-state index contributed by atoms with van der Waals surface area (Å²) in [4.78, 5) is 2.49. The first-order valence-electron chi connectivity index (χ1n) is 7.07. The van der Waals surface area contributed by atoms with Crippen molar-refractivity contribution in [1.29, 1.82) is 0 Å². The van der Waals surface area contributed by atoms with Crippen LogP contribution < -0.4 is 5.32 Å². The molecule has 2 aliphatic rings. The summed E-state index contributed by atoms with van der Waals surface area (Å²) in [6, 6.07) is 4.22. The lowest BCUT2D eigenvalue weighted by Gasteiger charge is -2.33. The standard InChI is InChI=1S/C15H20F2N2/c1-10(13-3-2-12(16)8-14(13)17)18-15-5-7-19-6-4-11(15)9-19/h2-3,8,10-11,15,18H,4-7,9H2,1H3. The van der Waals surface area contributed by atoms with Crippen molar-refractivity contribution in [1.82, 2.24) is 10.2 Å². The van der Waals surface area contributed by atoms with Crippen LogP contribution in [0.15, 0.2) is 18.2 Å². The Morgan fingerprint density at radius 3 is 2.84 bits per heavy atom. The first-order valence-corrected chi connectivity index (χ1v) is 7.07. The van der Waals surface area contributed by atoms with E-state index in [0.717, 1.165) is 25.6 Å². The van der Waals surface area contributed by atoms with Gasteiger partial charge in [-0.15, -0.1) is 0 Å². The van der Waals surface area contributed by atoms with Gasteiger partial charge >= 0.3 is 0 Å². The Labute approximate surface area is 112 Å². The summed E-state index contributed by atoms with van der Waals surface area (Å²) in [7, 11) is 0. The highest BCUT2D eigenvalue weighted by Gasteiger charge is 2.34. The third-order valence-electron chi connectivity index (χ3n) is 4.53. The van der Waals surface area contributed by atoms with Gasteiger partial charge in [0.05, 0.1) is 0 Å². The SMILES string of the molecule is CC(NC1CCN2CCC1C2)c1ccc(F)cc1F. The molecule has 4 unspecified atom stereocenters. The third kappa shape index (κ3) is 2.65. The van der Waals surface area contributed by atoms with Gasteiger partial charge in [-0.1, -0.05) is 6.07 Å². The van der Waals surface area contributed by atoms with Crippen LogP contribution in [0.25, 0.3) is 0 Å². The maximum atomic E-state index is 13.8. The van der Waals surface area contributed by atoms with Gasteiger partial charge < -0.3 is 10.2 Å². The molecule has 0 aromatic heterocycles. The van der Waals surface area contributed by atoms with Gasteiger partial charge in [0, 0.05) is 30.3 Å². The zero-order valence-corrected chi connectivity index (χ0v) is 11.2. The number of benzene rings is 1. The van der Waals surface area contributed by atoms with Crippen molar-refractivity contribution < 1.29 is 8.78 Å². The molecule has 3 rings (SSSR count). The van der Waals surface area contributed by atoms with E-state index in [0.29, 0.717) is 17.5 Å². The molecule has 2 fully saturated rings. The van der Waals surface area contributed by atoms with E-state index in [9.17, 15) is 8.78 Å². The molecule has 2 bridgehead atoms. The monoisotopic (exact) mass is 266 g/mol. The normalized spacial score (nSPS) is 31.4. The fourth-order valence-corrected chi connectivity index (χ4v) is 3.43. The zero-order chi connectivity index (χ0) is 13.4. The van der Waals surface area contributed by atoms with Crippen LogP contribution in [0.1, 0.15) is 31.4 Å². The van der Waals surface area contributed by atoms with Crippen LogP contribution in [0, 0.1) is 17.6 Å². The molecule has 4 atom stereocenters. The molecule has 2 aliphatic heterocycles. The van der Waals surface area contributed by atoms with Crippen LogP contribution in [0.3, 0.4) is 0 Å². The van der Waals surface area contributed by atoms with Gasteiger partial charge in [0.15, 0.2) is 0 Å². The largest absolute Gasteiger partial charge is 0.307 e. The smallest absolute Gasteiger partial charge is 0.130 e. The van der Waals surface area contributed by atoms with Crippen molar-refractivity contribution in [3.63, 3.8) is 0 Å². The van der Waals surface area contributed by atoms with Gasteiger partial charge in [0.2, 0.25) is 0 Å². The van der Waals surface area contributed by atoms with Crippen LogP contribution in [0.4, 0.5) is 8.78 Å². The quantitative estimate of drug-likeness (QED) is 0.905. The lowest BCUT2D eigenvalue weighted by Crippen LogP contribution is -2.44. The molecule has 2 nitrogen and oxygen atoms in total. The number of nitrogens with zero attached hydrogens (tertiary/aromatic N) is 1. The second kappa shape index (κ2) is 5.17. The van der Waals surface area contributed by atoms with Gasteiger partial charge in [-0.2, -0.15) is 0 Å². The lowest BCUT2D eigenvalue weighted by molar-refractivity contribution is 0.211. The molecule has 4 heteroatoms. The fraction of sp³-hybridized carbons (Fsp3) is 0.600. The first-order chi connectivity index (χ1) is 9.13. The Kier molecular flexibility index (Phi) is 3.54. The number of nitrogens with one attached hydrogen (secondary N) is 1. The summed E-state index contributed by atoms with van der Waals surface area (Å²) in [6.07, 6.45) is 2.36. The minimum Gasteiger partial charge on any atom is -0.307 e. The minimum absolute atomic E-state index is 0.0715. The van der Waals surface area contributed by atoms with Crippen LogP contribution in [-0.2, 0) is 0 Å². The molecule has 0 amide bonds. The van der Waals surface area contributed by atoms with E-state index in [2.05, 4.69) is 10.2 Å². The highest BCUT2D eigenvalue weighted by molar-refractivity contribution is 5.21. The molecule has 2 saturated heterocycles. The molecule has 0 radical (unpaired) electrons. The summed E-state index contributed by atoms with van der Waals surface area (Å²) in [5.41, 5.74) is 0.557. The van der Waals surface area contributed by atoms with Crippen LogP contribution in [0.2, 0.25) is 0 Å². The molecular weight excluding hydrogens is 246 g/mol. The van der Waals surface area contributed by atoms with Gasteiger partial charge in [-0.05, 0) is 44.8 Å². The molecule has 19 heavy (non-hydrogen) atoms. The molecule has 2 heterocycles. The molecule has 1 aromatic carbocycles. The predicted octanol–water partition coefficient (Wildman–Crippen LogP) is 2.71. The van der Waals surface area contributed by atoms with Gasteiger partial charge in [-0.3, -0.25) is 0 Å². The molecule has 0 spiro atoms. The van der Waals surface area contributed by atoms with Crippen molar-refractivity contribution in [2.45, 2.75) is 31.8 Å². The van der Waals surface area contributed by atoms with Crippen LogP contribution >= 0.6 is 0 Å². The van der Waals surface area contributed by atoms with E-state index in [1.165, 1.54) is 19.0 Å². The Bertz CT molecular complexity index is 463. The molecular formula is C15H20F2N2. The van der Waals surface area contributed by atoms with Gasteiger partial charge in [-0.25, -0.2) is 8.78 Å². The fourth-order valence-electron chi connectivity index (χ4n) is 3.43. The average molecular weight is 266 g/mol. The van der Waals surface area contributed by atoms with Gasteiger partial charge in [0.1, 0.15) is 11.6 Å². The van der Waals surface area contributed by atoms with E-state index in [4.69, 9.17) is 0 Å². The maximum Gasteiger partial charge on any atom is 0.130 e. The molecule has 1 N–H and O–H groups in total. The molecule has 104 valence electrons. The lowest BCUT2D eigenvalue weighted by atomic mass is 9.92. The summed E-state index contributed by atoms with van der Waals surface area (Å²) in [5.74, 6) is -0.291. The summed E-state index contributed by atoms with van der Waals surface area (Å²) >= 11 is 0. The van der Waals surface area contributed by atoms with E-state index < -0.39 is 11.6 Å². The first kappa shape index (κ1) is 13.0. The number of rotatable bonds is 3. The van der Waals surface area contributed by atoms with Gasteiger partial charge in [0.25, 0.3) is 0 Å². The number of piperidine rings is 1. The second-order valence-electron chi connectivity index (χ2n) is 5.80. The van der Waals surface area contributed by atoms with E-state index in [-0.39, 0.29) is 6.04 Å². The maximum absolute atomic E-state index is 13.8. The summed E-state index contributed by atoms with van der Waals surface area (Å²) < 4.78 is 26.7. The van der Waals surface area contributed by atoms with E-state index in [1.807, 2.05) is 6.92 Å². The number of hydrogen-bond donors (Lipinski definition) is 1. The minimum atomic E-state index is -0.516. The van der Waals surface area contributed by atoms with E-state index >= 15 is 0 Å². The van der Waals surface area contributed by atoms with E-state index in [1.54, 1.807) is 6.07 Å². The highest BCUT2D eigenvalue weighted by atomic mass is 19.1. The highest BCUT2D eigenvalue weighted by Crippen LogP contribution is 2.29. The second-order valence-corrected chi connectivity index (χ2v) is 5.80. The molecule has 1 aromatic rings. The number of fused-ring (bicyclic) bond motifs is 2. The molecule has 0 aliphatic carbocycles. The Morgan fingerprint density at radius 2 is 2.05 bits per heavy atom. The average Bonchev–Trinajstić information content (AvgIpc) is 2.75. The Balaban J connectivity index is 1.68. The molecule has 0 saturated carbocycles. The Morgan fingerprint density at radius 1 is 1.26 bits per heavy atom. The van der Waals surface area contributed by atoms with Crippen LogP contribution in [0.5, 0.6) is 0 Å². The number of halogens is 2. The topological polar surface area (TPSA) is 15.3 Å². The van der Waals surface area contributed by atoms with Crippen molar-refractivity contribution >= 4 is 0 Å². The van der Waals surface area contributed by atoms with Crippen molar-refractivity contribution in [3.05, 3.63) is 35.4 Å². The third-order valence-corrected chi connectivity index (χ3v) is 4.53. The van der Waals surface area contributed by atoms with Crippen molar-refractivity contribution in [2.75, 3.05) is 19.6 Å². The summed E-state index contributed by atoms with van der Waals surface area (Å²) in [6.45, 7) is 5.45. The van der Waals surface area contributed by atoms with Crippen molar-refractivity contribution in [3.8, 4) is 0 Å².